The monoisotopic (exact) mass is 369 g/mol. The fraction of sp³-hybridized carbons (Fsp3) is 0.167. The number of hydrogen-bond acceptors (Lipinski definition) is 4. The summed E-state index contributed by atoms with van der Waals surface area (Å²) in [6, 6.07) is 6.01. The Kier molecular flexibility index (Phi) is 5.86. The van der Waals surface area contributed by atoms with Crippen molar-refractivity contribution >= 4 is 17.3 Å². The minimum Gasteiger partial charge on any atom is -0.487 e. The molecule has 0 fully saturated rings. The first-order valence-electron chi connectivity index (χ1n) is 7.36. The summed E-state index contributed by atoms with van der Waals surface area (Å²) in [6.45, 7) is 3.53. The van der Waals surface area contributed by atoms with Crippen LogP contribution in [-0.2, 0) is 10.9 Å². The lowest BCUT2D eigenvalue weighted by Gasteiger charge is -2.16. The molecule has 2 aromatic rings. The Balaban J connectivity index is 2.50. The highest BCUT2D eigenvalue weighted by Crippen LogP contribution is 2.35. The third-order valence-corrected chi connectivity index (χ3v) is 3.32. The molecule has 0 heterocycles. The van der Waals surface area contributed by atoms with Crippen LogP contribution < -0.4 is 10.1 Å². The van der Waals surface area contributed by atoms with E-state index in [0.29, 0.717) is 0 Å². The fourth-order valence-electron chi connectivity index (χ4n) is 2.12. The van der Waals surface area contributed by atoms with E-state index in [9.17, 15) is 22.4 Å². The molecule has 0 saturated heterocycles. The zero-order valence-corrected chi connectivity index (χ0v) is 13.7. The molecule has 0 aromatic heterocycles. The molecule has 2 rings (SSSR count). The molecule has 8 heteroatoms. The van der Waals surface area contributed by atoms with Crippen LogP contribution in [0.1, 0.15) is 15.9 Å². The van der Waals surface area contributed by atoms with E-state index < -0.39 is 23.5 Å². The third-order valence-electron chi connectivity index (χ3n) is 3.32. The summed E-state index contributed by atoms with van der Waals surface area (Å²) < 4.78 is 62.3. The minimum atomic E-state index is -4.60. The van der Waals surface area contributed by atoms with Crippen LogP contribution in [0.5, 0.6) is 5.75 Å². The van der Waals surface area contributed by atoms with E-state index in [1.807, 2.05) is 0 Å². The normalized spacial score (nSPS) is 11.0. The third kappa shape index (κ3) is 4.53. The maximum Gasteiger partial charge on any atom is 0.416 e. The van der Waals surface area contributed by atoms with Gasteiger partial charge in [0.25, 0.3) is 0 Å². The van der Waals surface area contributed by atoms with Crippen LogP contribution in [0.4, 0.5) is 28.9 Å². The predicted octanol–water partition coefficient (Wildman–Crippen LogP) is 4.94. The zero-order chi connectivity index (χ0) is 19.3. The van der Waals surface area contributed by atoms with Crippen molar-refractivity contribution in [3.05, 3.63) is 66.0 Å². The van der Waals surface area contributed by atoms with E-state index in [-0.39, 0.29) is 29.3 Å². The van der Waals surface area contributed by atoms with Gasteiger partial charge >= 0.3 is 12.1 Å². The molecule has 2 aromatic carbocycles. The molecule has 138 valence electrons. The summed E-state index contributed by atoms with van der Waals surface area (Å²) in [5.41, 5.74) is -1.04. The predicted molar refractivity (Wildman–Crippen MR) is 88.2 cm³/mol. The number of nitrogens with one attached hydrogen (secondary N) is 1. The molecule has 0 aliphatic rings. The van der Waals surface area contributed by atoms with E-state index in [0.717, 1.165) is 37.4 Å². The topological polar surface area (TPSA) is 47.6 Å². The van der Waals surface area contributed by atoms with Crippen LogP contribution in [0.2, 0.25) is 0 Å². The van der Waals surface area contributed by atoms with Gasteiger partial charge in [0.15, 0.2) is 0 Å². The summed E-state index contributed by atoms with van der Waals surface area (Å²) in [7, 11) is 1.11. The Labute approximate surface area is 147 Å². The van der Waals surface area contributed by atoms with Crippen LogP contribution in [0, 0.1) is 5.82 Å². The van der Waals surface area contributed by atoms with Crippen molar-refractivity contribution in [1.82, 2.24) is 0 Å². The van der Waals surface area contributed by atoms with Crippen LogP contribution in [0.25, 0.3) is 0 Å². The van der Waals surface area contributed by atoms with Crippen molar-refractivity contribution in [1.29, 1.82) is 0 Å². The minimum absolute atomic E-state index is 0.0538. The quantitative estimate of drug-likeness (QED) is 0.445. The van der Waals surface area contributed by atoms with Gasteiger partial charge < -0.3 is 14.8 Å². The number of alkyl halides is 3. The summed E-state index contributed by atoms with van der Waals surface area (Å²) in [4.78, 5) is 11.8. The molecule has 0 saturated carbocycles. The number of esters is 1. The second-order valence-electron chi connectivity index (χ2n) is 5.11. The highest BCUT2D eigenvalue weighted by atomic mass is 19.4. The van der Waals surface area contributed by atoms with Crippen LogP contribution >= 0.6 is 0 Å². The summed E-state index contributed by atoms with van der Waals surface area (Å²) >= 11 is 0. The molecule has 26 heavy (non-hydrogen) atoms. The number of anilines is 2. The highest BCUT2D eigenvalue weighted by Gasteiger charge is 2.31. The van der Waals surface area contributed by atoms with Crippen molar-refractivity contribution < 1.29 is 31.8 Å². The first-order chi connectivity index (χ1) is 12.3. The Morgan fingerprint density at radius 1 is 1.19 bits per heavy atom. The van der Waals surface area contributed by atoms with Crippen LogP contribution in [-0.4, -0.2) is 19.7 Å². The molecular formula is C18H15F4NO3. The van der Waals surface area contributed by atoms with Gasteiger partial charge in [0.1, 0.15) is 18.2 Å². The van der Waals surface area contributed by atoms with Crippen molar-refractivity contribution in [3.63, 3.8) is 0 Å². The van der Waals surface area contributed by atoms with Gasteiger partial charge in [-0.1, -0.05) is 12.7 Å². The van der Waals surface area contributed by atoms with Crippen molar-refractivity contribution in [2.45, 2.75) is 6.18 Å². The number of hydrogen-bond donors (Lipinski definition) is 1. The molecule has 0 amide bonds. The molecule has 0 bridgehead atoms. The van der Waals surface area contributed by atoms with Crippen molar-refractivity contribution in [3.8, 4) is 5.75 Å². The molecule has 0 aliphatic carbocycles. The smallest absolute Gasteiger partial charge is 0.416 e. The van der Waals surface area contributed by atoms with Crippen molar-refractivity contribution in [2.24, 2.45) is 0 Å². The van der Waals surface area contributed by atoms with E-state index in [2.05, 4.69) is 16.6 Å². The lowest BCUT2D eigenvalue weighted by molar-refractivity contribution is -0.137. The molecule has 0 spiro atoms. The molecule has 0 aliphatic heterocycles. The molecular weight excluding hydrogens is 354 g/mol. The van der Waals surface area contributed by atoms with Crippen LogP contribution in [0.3, 0.4) is 0 Å². The maximum absolute atomic E-state index is 13.4. The Morgan fingerprint density at radius 2 is 1.92 bits per heavy atom. The summed E-state index contributed by atoms with van der Waals surface area (Å²) in [5.74, 6) is -1.36. The van der Waals surface area contributed by atoms with Gasteiger partial charge in [-0.3, -0.25) is 0 Å². The van der Waals surface area contributed by atoms with E-state index in [1.165, 1.54) is 12.1 Å². The Bertz CT molecular complexity index is 819. The van der Waals surface area contributed by atoms with Gasteiger partial charge in [-0.15, -0.1) is 0 Å². The lowest BCUT2D eigenvalue weighted by Crippen LogP contribution is -2.10. The number of carbonyl (C=O) groups is 1. The second kappa shape index (κ2) is 7.90. The Morgan fingerprint density at radius 3 is 2.54 bits per heavy atom. The average Bonchev–Trinajstić information content (AvgIpc) is 2.60. The fourth-order valence-corrected chi connectivity index (χ4v) is 2.12. The van der Waals surface area contributed by atoms with Gasteiger partial charge in [0.2, 0.25) is 0 Å². The van der Waals surface area contributed by atoms with Crippen molar-refractivity contribution in [2.75, 3.05) is 19.0 Å². The van der Waals surface area contributed by atoms with E-state index in [1.54, 1.807) is 0 Å². The number of carbonyl (C=O) groups excluding carboxylic acids is 1. The van der Waals surface area contributed by atoms with E-state index in [4.69, 9.17) is 4.74 Å². The number of rotatable bonds is 6. The molecule has 0 atom stereocenters. The van der Waals surface area contributed by atoms with Gasteiger partial charge in [0, 0.05) is 6.07 Å². The zero-order valence-electron chi connectivity index (χ0n) is 13.7. The van der Waals surface area contributed by atoms with E-state index >= 15 is 0 Å². The van der Waals surface area contributed by atoms with Gasteiger partial charge in [0.05, 0.1) is 29.6 Å². The largest absolute Gasteiger partial charge is 0.487 e. The Hall–Kier alpha value is -3.03. The molecule has 1 N–H and O–H groups in total. The molecule has 0 radical (unpaired) electrons. The van der Waals surface area contributed by atoms with Gasteiger partial charge in [-0.05, 0) is 30.3 Å². The molecule has 4 nitrogen and oxygen atoms in total. The summed E-state index contributed by atoms with van der Waals surface area (Å²) in [6.07, 6.45) is -3.17. The first-order valence-corrected chi connectivity index (χ1v) is 7.36. The number of methoxy groups -OCH3 is 1. The second-order valence-corrected chi connectivity index (χ2v) is 5.11. The summed E-state index contributed by atoms with van der Waals surface area (Å²) in [5, 5.41) is 2.68. The van der Waals surface area contributed by atoms with Gasteiger partial charge in [-0.25, -0.2) is 9.18 Å². The van der Waals surface area contributed by atoms with Crippen LogP contribution in [0.15, 0.2) is 49.1 Å². The first kappa shape index (κ1) is 19.3. The number of benzene rings is 2. The average molecular weight is 369 g/mol. The SMILES string of the molecule is C=CCOc1cc(F)ccc1Nc1cc(C(F)(F)F)ccc1C(=O)OC. The maximum atomic E-state index is 13.4. The number of halogens is 4. The molecule has 0 unspecified atom stereocenters. The van der Waals surface area contributed by atoms with Gasteiger partial charge in [-0.2, -0.15) is 13.2 Å². The standard InChI is InChI=1S/C18H15F4NO3/c1-3-8-26-16-10-12(19)5-7-14(16)23-15-9-11(18(20,21)22)4-6-13(15)17(24)25-2/h3-7,9-10,23H,1,8H2,2H3. The lowest BCUT2D eigenvalue weighted by atomic mass is 10.1. The highest BCUT2D eigenvalue weighted by molar-refractivity contribution is 5.97. The number of ether oxygens (including phenoxy) is 2.